The van der Waals surface area contributed by atoms with E-state index in [2.05, 4.69) is 28.1 Å². The Balaban J connectivity index is 2.06. The zero-order chi connectivity index (χ0) is 13.0. The van der Waals surface area contributed by atoms with E-state index in [1.54, 1.807) is 0 Å². The molecule has 0 aromatic heterocycles. The van der Waals surface area contributed by atoms with E-state index in [0.717, 1.165) is 23.7 Å². The summed E-state index contributed by atoms with van der Waals surface area (Å²) in [4.78, 5) is 11.9. The highest BCUT2D eigenvalue weighted by Crippen LogP contribution is 2.30. The van der Waals surface area contributed by atoms with Crippen molar-refractivity contribution in [2.75, 3.05) is 5.33 Å². The van der Waals surface area contributed by atoms with E-state index < -0.39 is 0 Å². The number of rotatable bonds is 4. The van der Waals surface area contributed by atoms with Crippen molar-refractivity contribution in [2.45, 2.75) is 44.1 Å². The number of Topliss-reactive ketones (excluding diaryl/α,β-unsaturated/α-hetero) is 1. The van der Waals surface area contributed by atoms with Crippen LogP contribution in [0.3, 0.4) is 0 Å². The molecule has 1 N–H and O–H groups in total. The molecule has 2 atom stereocenters. The van der Waals surface area contributed by atoms with Crippen LogP contribution in [0, 0.1) is 0 Å². The van der Waals surface area contributed by atoms with Crippen LogP contribution < -0.4 is 0 Å². The Kier molecular flexibility index (Phi) is 4.95. The highest BCUT2D eigenvalue weighted by Gasteiger charge is 2.28. The van der Waals surface area contributed by atoms with Gasteiger partial charge in [0.25, 0.3) is 0 Å². The van der Waals surface area contributed by atoms with Crippen LogP contribution in [-0.2, 0) is 11.2 Å². The molecule has 2 nitrogen and oxygen atoms in total. The summed E-state index contributed by atoms with van der Waals surface area (Å²) in [5.41, 5.74) is 2.36. The Labute approximate surface area is 117 Å². The molecule has 18 heavy (non-hydrogen) atoms. The smallest absolute Gasteiger partial charge is 0.140 e. The molecular formula is C15H19BrO2. The molecule has 1 aliphatic rings. The van der Waals surface area contributed by atoms with Crippen molar-refractivity contribution >= 4 is 21.7 Å². The number of benzene rings is 1. The molecule has 0 saturated heterocycles. The van der Waals surface area contributed by atoms with Gasteiger partial charge in [0.05, 0.1) is 6.10 Å². The third-order valence-electron chi connectivity index (χ3n) is 3.60. The Morgan fingerprint density at radius 2 is 2.00 bits per heavy atom. The van der Waals surface area contributed by atoms with Crippen LogP contribution in [-0.4, -0.2) is 22.3 Å². The number of carbonyl (C=O) groups is 1. The summed E-state index contributed by atoms with van der Waals surface area (Å²) in [6.45, 7) is 0. The van der Waals surface area contributed by atoms with Crippen molar-refractivity contribution in [3.05, 3.63) is 35.4 Å². The first-order valence-corrected chi connectivity index (χ1v) is 7.68. The molecule has 98 valence electrons. The Morgan fingerprint density at radius 3 is 2.67 bits per heavy atom. The van der Waals surface area contributed by atoms with Gasteiger partial charge in [0.1, 0.15) is 5.78 Å². The quantitative estimate of drug-likeness (QED) is 0.867. The minimum Gasteiger partial charge on any atom is -0.393 e. The summed E-state index contributed by atoms with van der Waals surface area (Å²) in [5, 5.41) is 10.7. The number of aliphatic hydroxyl groups is 1. The minimum atomic E-state index is -0.319. The van der Waals surface area contributed by atoms with Gasteiger partial charge in [-0.15, -0.1) is 0 Å². The monoisotopic (exact) mass is 310 g/mol. The Morgan fingerprint density at radius 1 is 1.28 bits per heavy atom. The molecule has 1 fully saturated rings. The SMILES string of the molecule is O=C1CCC(O)CC1c1ccc(CCCBr)cc1. The van der Waals surface area contributed by atoms with Gasteiger partial charge in [0.15, 0.2) is 0 Å². The van der Waals surface area contributed by atoms with E-state index in [0.29, 0.717) is 19.3 Å². The Hall–Kier alpha value is -0.670. The predicted molar refractivity (Wildman–Crippen MR) is 76.2 cm³/mol. The second kappa shape index (κ2) is 6.48. The fourth-order valence-corrected chi connectivity index (χ4v) is 2.79. The van der Waals surface area contributed by atoms with Crippen LogP contribution in [0.15, 0.2) is 24.3 Å². The number of halogens is 1. The van der Waals surface area contributed by atoms with Crippen LogP contribution >= 0.6 is 15.9 Å². The first-order chi connectivity index (χ1) is 8.70. The van der Waals surface area contributed by atoms with E-state index in [9.17, 15) is 9.90 Å². The molecule has 1 aliphatic carbocycles. The lowest BCUT2D eigenvalue weighted by molar-refractivity contribution is -0.123. The van der Waals surface area contributed by atoms with E-state index in [1.807, 2.05) is 12.1 Å². The summed E-state index contributed by atoms with van der Waals surface area (Å²) >= 11 is 3.43. The molecule has 1 saturated carbocycles. The second-order valence-corrected chi connectivity index (χ2v) is 5.77. The molecule has 0 heterocycles. The van der Waals surface area contributed by atoms with Crippen molar-refractivity contribution in [3.63, 3.8) is 0 Å². The van der Waals surface area contributed by atoms with E-state index >= 15 is 0 Å². The van der Waals surface area contributed by atoms with Gasteiger partial charge < -0.3 is 5.11 Å². The average molecular weight is 311 g/mol. The van der Waals surface area contributed by atoms with Crippen molar-refractivity contribution < 1.29 is 9.90 Å². The zero-order valence-electron chi connectivity index (χ0n) is 10.4. The number of aliphatic hydroxyl groups excluding tert-OH is 1. The first-order valence-electron chi connectivity index (χ1n) is 6.56. The number of hydrogen-bond acceptors (Lipinski definition) is 2. The number of carbonyl (C=O) groups excluding carboxylic acids is 1. The average Bonchev–Trinajstić information content (AvgIpc) is 2.40. The van der Waals surface area contributed by atoms with E-state index in [4.69, 9.17) is 0 Å². The number of aryl methyl sites for hydroxylation is 1. The summed E-state index contributed by atoms with van der Waals surface area (Å²) in [6.07, 6.45) is 3.59. The standard InChI is InChI=1S/C15H19BrO2/c16-9-1-2-11-3-5-12(6-4-11)14-10-13(17)7-8-15(14)18/h3-6,13-14,17H,1-2,7-10H2. The highest BCUT2D eigenvalue weighted by atomic mass is 79.9. The third kappa shape index (κ3) is 3.42. The molecule has 1 aromatic carbocycles. The van der Waals surface area contributed by atoms with Crippen molar-refractivity contribution in [3.8, 4) is 0 Å². The summed E-state index contributed by atoms with van der Waals surface area (Å²) in [5.74, 6) is 0.174. The van der Waals surface area contributed by atoms with E-state index in [1.165, 1.54) is 5.56 Å². The van der Waals surface area contributed by atoms with Crippen molar-refractivity contribution in [1.29, 1.82) is 0 Å². The van der Waals surface area contributed by atoms with Crippen LogP contribution in [0.1, 0.15) is 42.7 Å². The molecular weight excluding hydrogens is 292 g/mol. The lowest BCUT2D eigenvalue weighted by atomic mass is 9.81. The largest absolute Gasteiger partial charge is 0.393 e. The normalized spacial score (nSPS) is 24.2. The number of hydrogen-bond donors (Lipinski definition) is 1. The van der Waals surface area contributed by atoms with Gasteiger partial charge in [0.2, 0.25) is 0 Å². The molecule has 0 aliphatic heterocycles. The van der Waals surface area contributed by atoms with Gasteiger partial charge in [-0.1, -0.05) is 40.2 Å². The van der Waals surface area contributed by atoms with Crippen LogP contribution in [0.5, 0.6) is 0 Å². The topological polar surface area (TPSA) is 37.3 Å². The van der Waals surface area contributed by atoms with Gasteiger partial charge in [-0.05, 0) is 36.8 Å². The second-order valence-electron chi connectivity index (χ2n) is 4.98. The lowest BCUT2D eigenvalue weighted by Crippen LogP contribution is -2.26. The maximum atomic E-state index is 11.9. The molecule has 1 aromatic rings. The number of ketones is 1. The molecule has 0 amide bonds. The Bertz CT molecular complexity index is 399. The third-order valence-corrected chi connectivity index (χ3v) is 4.16. The molecule has 0 radical (unpaired) electrons. The maximum Gasteiger partial charge on any atom is 0.140 e. The highest BCUT2D eigenvalue weighted by molar-refractivity contribution is 9.09. The van der Waals surface area contributed by atoms with Gasteiger partial charge in [-0.3, -0.25) is 4.79 Å². The fraction of sp³-hybridized carbons (Fsp3) is 0.533. The van der Waals surface area contributed by atoms with Gasteiger partial charge >= 0.3 is 0 Å². The van der Waals surface area contributed by atoms with Crippen LogP contribution in [0.25, 0.3) is 0 Å². The molecule has 0 spiro atoms. The van der Waals surface area contributed by atoms with Gasteiger partial charge in [-0.25, -0.2) is 0 Å². The van der Waals surface area contributed by atoms with E-state index in [-0.39, 0.29) is 17.8 Å². The maximum absolute atomic E-state index is 11.9. The van der Waals surface area contributed by atoms with Gasteiger partial charge in [0, 0.05) is 17.7 Å². The lowest BCUT2D eigenvalue weighted by Gasteiger charge is -2.25. The van der Waals surface area contributed by atoms with Gasteiger partial charge in [-0.2, -0.15) is 0 Å². The van der Waals surface area contributed by atoms with Crippen molar-refractivity contribution in [2.24, 2.45) is 0 Å². The minimum absolute atomic E-state index is 0.0982. The summed E-state index contributed by atoms with van der Waals surface area (Å²) in [7, 11) is 0. The van der Waals surface area contributed by atoms with Crippen LogP contribution in [0.2, 0.25) is 0 Å². The molecule has 2 unspecified atom stereocenters. The predicted octanol–water partition coefficient (Wildman–Crippen LogP) is 3.21. The van der Waals surface area contributed by atoms with Crippen LogP contribution in [0.4, 0.5) is 0 Å². The first kappa shape index (κ1) is 13.8. The molecule has 2 rings (SSSR count). The summed E-state index contributed by atoms with van der Waals surface area (Å²) in [6, 6.07) is 8.30. The summed E-state index contributed by atoms with van der Waals surface area (Å²) < 4.78 is 0. The number of alkyl halides is 1. The van der Waals surface area contributed by atoms with Crippen molar-refractivity contribution in [1.82, 2.24) is 0 Å². The molecule has 0 bridgehead atoms. The zero-order valence-corrected chi connectivity index (χ0v) is 12.0. The fourth-order valence-electron chi connectivity index (χ4n) is 2.51. The molecule has 3 heteroatoms.